The SMILES string of the molecule is CC(=O)Nc1cccc(CS(=O)[O-])c1. The summed E-state index contributed by atoms with van der Waals surface area (Å²) in [6.45, 7) is 1.40. The number of nitrogens with one attached hydrogen (secondary N) is 1. The third kappa shape index (κ3) is 3.68. The van der Waals surface area contributed by atoms with Crippen molar-refractivity contribution in [3.63, 3.8) is 0 Å². The summed E-state index contributed by atoms with van der Waals surface area (Å²) in [5.74, 6) is -0.210. The van der Waals surface area contributed by atoms with E-state index in [-0.39, 0.29) is 11.7 Å². The lowest BCUT2D eigenvalue weighted by Gasteiger charge is -2.07. The molecule has 1 aromatic carbocycles. The van der Waals surface area contributed by atoms with E-state index < -0.39 is 11.1 Å². The lowest BCUT2D eigenvalue weighted by atomic mass is 10.2. The van der Waals surface area contributed by atoms with E-state index in [0.717, 1.165) is 0 Å². The number of benzene rings is 1. The molecule has 0 saturated heterocycles. The van der Waals surface area contributed by atoms with Crippen molar-refractivity contribution in [3.05, 3.63) is 29.8 Å². The van der Waals surface area contributed by atoms with Gasteiger partial charge in [0.1, 0.15) is 0 Å². The molecule has 0 bridgehead atoms. The maximum absolute atomic E-state index is 10.7. The van der Waals surface area contributed by atoms with Gasteiger partial charge in [-0.25, -0.2) is 0 Å². The molecule has 0 spiro atoms. The van der Waals surface area contributed by atoms with Gasteiger partial charge in [-0.3, -0.25) is 9.00 Å². The topological polar surface area (TPSA) is 69.2 Å². The Morgan fingerprint density at radius 3 is 2.86 bits per heavy atom. The van der Waals surface area contributed by atoms with E-state index in [1.54, 1.807) is 24.3 Å². The van der Waals surface area contributed by atoms with E-state index >= 15 is 0 Å². The molecule has 1 aromatic rings. The predicted octanol–water partition coefficient (Wildman–Crippen LogP) is 1.02. The maximum atomic E-state index is 10.7. The second-order valence-corrected chi connectivity index (χ2v) is 3.73. The number of hydrogen-bond donors (Lipinski definition) is 1. The number of hydrogen-bond acceptors (Lipinski definition) is 3. The summed E-state index contributed by atoms with van der Waals surface area (Å²) in [6, 6.07) is 6.74. The zero-order valence-corrected chi connectivity index (χ0v) is 8.47. The van der Waals surface area contributed by atoms with Crippen LogP contribution in [0, 0.1) is 0 Å². The molecule has 5 heteroatoms. The Hall–Kier alpha value is -1.20. The van der Waals surface area contributed by atoms with Gasteiger partial charge in [-0.1, -0.05) is 23.2 Å². The van der Waals surface area contributed by atoms with Crippen LogP contribution in [-0.4, -0.2) is 14.7 Å². The molecule has 0 aliphatic rings. The minimum absolute atomic E-state index is 0.0343. The molecule has 0 aromatic heterocycles. The first kappa shape index (κ1) is 10.9. The van der Waals surface area contributed by atoms with Crippen molar-refractivity contribution in [1.29, 1.82) is 0 Å². The molecule has 1 rings (SSSR count). The molecule has 1 N–H and O–H groups in total. The van der Waals surface area contributed by atoms with Gasteiger partial charge in [-0.15, -0.1) is 0 Å². The molecule has 0 aliphatic carbocycles. The van der Waals surface area contributed by atoms with Crippen molar-refractivity contribution in [3.8, 4) is 0 Å². The highest BCUT2D eigenvalue weighted by Gasteiger charge is 1.97. The monoisotopic (exact) mass is 212 g/mol. The lowest BCUT2D eigenvalue weighted by molar-refractivity contribution is -0.114. The van der Waals surface area contributed by atoms with E-state index in [2.05, 4.69) is 5.32 Å². The van der Waals surface area contributed by atoms with Crippen LogP contribution in [-0.2, 0) is 21.6 Å². The Kier molecular flexibility index (Phi) is 3.79. The van der Waals surface area contributed by atoms with Crippen molar-refractivity contribution in [1.82, 2.24) is 0 Å². The standard InChI is InChI=1S/C9H11NO3S/c1-7(11)10-9-4-2-3-8(5-9)6-14(12)13/h2-5H,6H2,1H3,(H,10,11)(H,12,13)/p-1. The second-order valence-electron chi connectivity index (χ2n) is 2.83. The van der Waals surface area contributed by atoms with Crippen LogP contribution in [0.15, 0.2) is 24.3 Å². The molecular formula is C9H10NO3S-. The van der Waals surface area contributed by atoms with E-state index in [4.69, 9.17) is 0 Å². The first-order chi connectivity index (χ1) is 6.58. The van der Waals surface area contributed by atoms with Crippen molar-refractivity contribution in [2.24, 2.45) is 0 Å². The molecule has 0 fully saturated rings. The molecule has 0 aliphatic heterocycles. The lowest BCUT2D eigenvalue weighted by Crippen LogP contribution is -2.06. The van der Waals surface area contributed by atoms with Gasteiger partial charge in [0, 0.05) is 18.4 Å². The van der Waals surface area contributed by atoms with Gasteiger partial charge >= 0.3 is 0 Å². The Balaban J connectivity index is 2.78. The van der Waals surface area contributed by atoms with Gasteiger partial charge in [0.25, 0.3) is 0 Å². The highest BCUT2D eigenvalue weighted by Crippen LogP contribution is 2.11. The van der Waals surface area contributed by atoms with E-state index in [1.807, 2.05) is 0 Å². The van der Waals surface area contributed by atoms with Crippen molar-refractivity contribution in [2.75, 3.05) is 5.32 Å². The van der Waals surface area contributed by atoms with Crippen LogP contribution in [0.25, 0.3) is 0 Å². The van der Waals surface area contributed by atoms with Gasteiger partial charge in [0.2, 0.25) is 5.91 Å². The predicted molar refractivity (Wildman–Crippen MR) is 53.4 cm³/mol. The Bertz CT molecular complexity index is 334. The molecular weight excluding hydrogens is 202 g/mol. The number of anilines is 1. The molecule has 4 nitrogen and oxygen atoms in total. The molecule has 0 heterocycles. The molecule has 1 atom stereocenters. The smallest absolute Gasteiger partial charge is 0.221 e. The average molecular weight is 212 g/mol. The third-order valence-electron chi connectivity index (χ3n) is 1.53. The van der Waals surface area contributed by atoms with Crippen LogP contribution in [0.4, 0.5) is 5.69 Å². The largest absolute Gasteiger partial charge is 0.772 e. The van der Waals surface area contributed by atoms with Gasteiger partial charge < -0.3 is 9.87 Å². The Morgan fingerprint density at radius 2 is 2.29 bits per heavy atom. The van der Waals surface area contributed by atoms with E-state index in [0.29, 0.717) is 11.3 Å². The molecule has 76 valence electrons. The molecule has 1 unspecified atom stereocenters. The highest BCUT2D eigenvalue weighted by molar-refractivity contribution is 7.78. The summed E-state index contributed by atoms with van der Waals surface area (Å²) < 4.78 is 20.8. The molecule has 14 heavy (non-hydrogen) atoms. The summed E-state index contributed by atoms with van der Waals surface area (Å²) in [7, 11) is 0. The second kappa shape index (κ2) is 4.88. The van der Waals surface area contributed by atoms with Crippen LogP contribution < -0.4 is 5.32 Å². The van der Waals surface area contributed by atoms with Gasteiger partial charge in [-0.2, -0.15) is 0 Å². The Morgan fingerprint density at radius 1 is 1.57 bits per heavy atom. The van der Waals surface area contributed by atoms with Crippen molar-refractivity contribution >= 4 is 22.7 Å². The zero-order valence-electron chi connectivity index (χ0n) is 7.65. The number of carbonyl (C=O) groups is 1. The molecule has 0 radical (unpaired) electrons. The fourth-order valence-corrected chi connectivity index (χ4v) is 1.53. The normalized spacial score (nSPS) is 12.1. The quantitative estimate of drug-likeness (QED) is 0.760. The fourth-order valence-electron chi connectivity index (χ4n) is 1.08. The minimum Gasteiger partial charge on any atom is -0.772 e. The van der Waals surface area contributed by atoms with Gasteiger partial charge in [0.15, 0.2) is 0 Å². The summed E-state index contributed by atoms with van der Waals surface area (Å²) in [5.41, 5.74) is 1.27. The van der Waals surface area contributed by atoms with Crippen molar-refractivity contribution in [2.45, 2.75) is 12.7 Å². The first-order valence-corrected chi connectivity index (χ1v) is 5.25. The summed E-state index contributed by atoms with van der Waals surface area (Å²) in [5, 5.41) is 2.58. The van der Waals surface area contributed by atoms with E-state index in [1.165, 1.54) is 6.92 Å². The first-order valence-electron chi connectivity index (χ1n) is 4.00. The summed E-state index contributed by atoms with van der Waals surface area (Å²) in [4.78, 5) is 10.7. The van der Waals surface area contributed by atoms with Crippen LogP contribution >= 0.6 is 0 Å². The summed E-state index contributed by atoms with van der Waals surface area (Å²) in [6.07, 6.45) is 0. The van der Waals surface area contributed by atoms with Gasteiger partial charge in [0.05, 0.1) is 0 Å². The van der Waals surface area contributed by atoms with Crippen LogP contribution in [0.3, 0.4) is 0 Å². The van der Waals surface area contributed by atoms with Crippen LogP contribution in [0.2, 0.25) is 0 Å². The third-order valence-corrected chi connectivity index (χ3v) is 2.10. The fraction of sp³-hybridized carbons (Fsp3) is 0.222. The molecule has 0 saturated carbocycles. The maximum Gasteiger partial charge on any atom is 0.221 e. The van der Waals surface area contributed by atoms with Crippen molar-refractivity contribution < 1.29 is 13.6 Å². The van der Waals surface area contributed by atoms with E-state index in [9.17, 15) is 13.6 Å². The summed E-state index contributed by atoms with van der Waals surface area (Å²) >= 11 is -2.10. The number of amides is 1. The number of rotatable bonds is 3. The Labute approximate surface area is 84.6 Å². The molecule has 1 amide bonds. The highest BCUT2D eigenvalue weighted by atomic mass is 32.2. The average Bonchev–Trinajstić information content (AvgIpc) is 2.01. The zero-order chi connectivity index (χ0) is 10.6. The minimum atomic E-state index is -2.10. The number of carbonyl (C=O) groups excluding carboxylic acids is 1. The van der Waals surface area contributed by atoms with Crippen LogP contribution in [0.1, 0.15) is 12.5 Å². The van der Waals surface area contributed by atoms with Gasteiger partial charge in [-0.05, 0) is 17.7 Å². The van der Waals surface area contributed by atoms with Crippen LogP contribution in [0.5, 0.6) is 0 Å².